The van der Waals surface area contributed by atoms with E-state index in [4.69, 9.17) is 22.1 Å². The first-order valence-electron chi connectivity index (χ1n) is 10.9. The number of benzene rings is 1. The largest absolute Gasteiger partial charge is 0.439 e. The van der Waals surface area contributed by atoms with Gasteiger partial charge in [0.05, 0.1) is 10.4 Å². The maximum absolute atomic E-state index is 12.2. The van der Waals surface area contributed by atoms with Crippen molar-refractivity contribution in [2.75, 3.05) is 18.8 Å². The van der Waals surface area contributed by atoms with Crippen molar-refractivity contribution in [1.82, 2.24) is 24.4 Å². The lowest BCUT2D eigenvalue weighted by Gasteiger charge is -2.17. The molecule has 8 nitrogen and oxygen atoms in total. The van der Waals surface area contributed by atoms with Crippen molar-refractivity contribution in [1.29, 1.82) is 0 Å². The number of ether oxygens (including phenoxy) is 1. The van der Waals surface area contributed by atoms with Gasteiger partial charge in [-0.25, -0.2) is 15.0 Å². The third-order valence-corrected chi connectivity index (χ3v) is 6.39. The lowest BCUT2D eigenvalue weighted by Crippen LogP contribution is -2.26. The molecule has 0 spiro atoms. The monoisotopic (exact) mass is 474 g/mol. The molecule has 4 aromatic rings. The van der Waals surface area contributed by atoms with E-state index in [1.807, 2.05) is 36.2 Å². The third-order valence-electron chi connectivity index (χ3n) is 6.17. The molecule has 1 aromatic carbocycles. The van der Waals surface area contributed by atoms with Gasteiger partial charge in [-0.15, -0.1) is 0 Å². The number of aromatic nitrogens is 4. The van der Waals surface area contributed by atoms with Crippen molar-refractivity contribution >= 4 is 34.4 Å². The van der Waals surface area contributed by atoms with Crippen LogP contribution in [0.1, 0.15) is 18.0 Å². The predicted octanol–water partition coefficient (Wildman–Crippen LogP) is 4.56. The topological polar surface area (TPSA) is 99.2 Å². The Balaban J connectivity index is 1.56. The SMILES string of the molecule is C=CC(=O)N1CCC(c2c(-c3ccc(Oc4ccc(Cl)cn4)cc3)c3c(N)ncnc3n2C)C1. The van der Waals surface area contributed by atoms with Crippen LogP contribution in [0.15, 0.2) is 61.6 Å². The molecule has 2 N–H and O–H groups in total. The molecular formula is C25H23ClN6O2. The quantitative estimate of drug-likeness (QED) is 0.426. The molecule has 1 aliphatic heterocycles. The molecule has 1 unspecified atom stereocenters. The van der Waals surface area contributed by atoms with E-state index in [-0.39, 0.29) is 11.8 Å². The van der Waals surface area contributed by atoms with E-state index in [2.05, 4.69) is 26.1 Å². The molecular weight excluding hydrogens is 452 g/mol. The number of nitrogens with two attached hydrogens (primary N) is 1. The van der Waals surface area contributed by atoms with Gasteiger partial charge in [0.25, 0.3) is 0 Å². The number of halogens is 1. The summed E-state index contributed by atoms with van der Waals surface area (Å²) in [6, 6.07) is 11.2. The molecule has 4 heterocycles. The van der Waals surface area contributed by atoms with E-state index in [0.717, 1.165) is 34.3 Å². The highest BCUT2D eigenvalue weighted by Crippen LogP contribution is 2.42. The highest BCUT2D eigenvalue weighted by molar-refractivity contribution is 6.30. The molecule has 1 atom stereocenters. The van der Waals surface area contributed by atoms with E-state index in [0.29, 0.717) is 35.6 Å². The molecule has 3 aromatic heterocycles. The first-order valence-corrected chi connectivity index (χ1v) is 11.2. The Morgan fingerprint density at radius 3 is 2.71 bits per heavy atom. The Morgan fingerprint density at radius 1 is 1.21 bits per heavy atom. The number of rotatable bonds is 5. The van der Waals surface area contributed by atoms with Gasteiger partial charge in [-0.05, 0) is 36.3 Å². The molecule has 34 heavy (non-hydrogen) atoms. The second kappa shape index (κ2) is 8.79. The molecule has 0 bridgehead atoms. The fourth-order valence-electron chi connectivity index (χ4n) is 4.61. The number of carbonyl (C=O) groups is 1. The molecule has 1 aliphatic rings. The molecule has 172 valence electrons. The van der Waals surface area contributed by atoms with Crippen molar-refractivity contribution in [2.45, 2.75) is 12.3 Å². The number of anilines is 1. The van der Waals surface area contributed by atoms with Crippen molar-refractivity contribution in [3.8, 4) is 22.8 Å². The Bertz CT molecular complexity index is 1380. The normalized spacial score (nSPS) is 15.6. The van der Waals surface area contributed by atoms with Gasteiger partial charge < -0.3 is 19.9 Å². The van der Waals surface area contributed by atoms with Crippen molar-refractivity contribution in [3.05, 3.63) is 72.3 Å². The molecule has 0 aliphatic carbocycles. The van der Waals surface area contributed by atoms with Gasteiger partial charge in [0, 0.05) is 49.6 Å². The molecule has 0 saturated carbocycles. The fourth-order valence-corrected chi connectivity index (χ4v) is 4.72. The van der Waals surface area contributed by atoms with Crippen LogP contribution in [0.2, 0.25) is 5.02 Å². The minimum atomic E-state index is -0.0561. The average Bonchev–Trinajstić information content (AvgIpc) is 3.44. The lowest BCUT2D eigenvalue weighted by atomic mass is 9.94. The molecule has 0 radical (unpaired) electrons. The van der Waals surface area contributed by atoms with Crippen LogP contribution in [0.3, 0.4) is 0 Å². The van der Waals surface area contributed by atoms with Gasteiger partial charge in [-0.2, -0.15) is 0 Å². The van der Waals surface area contributed by atoms with Crippen LogP contribution in [0.5, 0.6) is 11.6 Å². The summed E-state index contributed by atoms with van der Waals surface area (Å²) in [7, 11) is 1.98. The first kappa shape index (κ1) is 21.9. The van der Waals surface area contributed by atoms with Gasteiger partial charge in [-0.3, -0.25) is 4.79 Å². The highest BCUT2D eigenvalue weighted by atomic mass is 35.5. The molecule has 1 fully saturated rings. The van der Waals surface area contributed by atoms with E-state index in [1.54, 1.807) is 18.3 Å². The van der Waals surface area contributed by atoms with Crippen LogP contribution in [0.4, 0.5) is 5.82 Å². The Hall–Kier alpha value is -3.91. The zero-order valence-electron chi connectivity index (χ0n) is 18.6. The van der Waals surface area contributed by atoms with E-state index in [1.165, 1.54) is 12.4 Å². The minimum Gasteiger partial charge on any atom is -0.439 e. The number of likely N-dealkylation sites (tertiary alicyclic amines) is 1. The van der Waals surface area contributed by atoms with Crippen molar-refractivity contribution < 1.29 is 9.53 Å². The smallest absolute Gasteiger partial charge is 0.245 e. The summed E-state index contributed by atoms with van der Waals surface area (Å²) in [5, 5.41) is 1.35. The summed E-state index contributed by atoms with van der Waals surface area (Å²) in [6.07, 6.45) is 5.22. The Labute approximate surface area is 201 Å². The summed E-state index contributed by atoms with van der Waals surface area (Å²) >= 11 is 5.90. The molecule has 1 saturated heterocycles. The molecule has 5 rings (SSSR count). The number of carbonyl (C=O) groups excluding carboxylic acids is 1. The van der Waals surface area contributed by atoms with Crippen LogP contribution in [-0.2, 0) is 11.8 Å². The van der Waals surface area contributed by atoms with Gasteiger partial charge in [0.15, 0.2) is 0 Å². The fraction of sp³-hybridized carbons (Fsp3) is 0.200. The van der Waals surface area contributed by atoms with Crippen molar-refractivity contribution in [3.63, 3.8) is 0 Å². The number of hydrogen-bond acceptors (Lipinski definition) is 6. The van der Waals surface area contributed by atoms with Gasteiger partial charge in [0.1, 0.15) is 23.5 Å². The van der Waals surface area contributed by atoms with Crippen LogP contribution < -0.4 is 10.5 Å². The zero-order chi connectivity index (χ0) is 23.8. The van der Waals surface area contributed by atoms with E-state index < -0.39 is 0 Å². The number of nitrogens with zero attached hydrogens (tertiary/aromatic N) is 5. The van der Waals surface area contributed by atoms with Crippen LogP contribution in [0.25, 0.3) is 22.2 Å². The third kappa shape index (κ3) is 3.86. The zero-order valence-corrected chi connectivity index (χ0v) is 19.4. The Kier molecular flexibility index (Phi) is 5.67. The van der Waals surface area contributed by atoms with E-state index >= 15 is 0 Å². The second-order valence-electron chi connectivity index (χ2n) is 8.19. The number of fused-ring (bicyclic) bond motifs is 1. The van der Waals surface area contributed by atoms with E-state index in [9.17, 15) is 4.79 Å². The lowest BCUT2D eigenvalue weighted by molar-refractivity contribution is -0.125. The highest BCUT2D eigenvalue weighted by Gasteiger charge is 2.32. The average molecular weight is 475 g/mol. The summed E-state index contributed by atoms with van der Waals surface area (Å²) in [6.45, 7) is 4.91. The second-order valence-corrected chi connectivity index (χ2v) is 8.63. The summed E-state index contributed by atoms with van der Waals surface area (Å²) in [5.74, 6) is 1.60. The van der Waals surface area contributed by atoms with Crippen LogP contribution in [0, 0.1) is 0 Å². The number of pyridine rings is 1. The van der Waals surface area contributed by atoms with Crippen LogP contribution >= 0.6 is 11.6 Å². The van der Waals surface area contributed by atoms with Gasteiger partial charge >= 0.3 is 0 Å². The number of aryl methyl sites for hydroxylation is 1. The summed E-state index contributed by atoms with van der Waals surface area (Å²) < 4.78 is 7.91. The van der Waals surface area contributed by atoms with Gasteiger partial charge in [-0.1, -0.05) is 30.3 Å². The van der Waals surface area contributed by atoms with Crippen molar-refractivity contribution in [2.24, 2.45) is 7.05 Å². The van der Waals surface area contributed by atoms with Crippen LogP contribution in [-0.4, -0.2) is 43.4 Å². The summed E-state index contributed by atoms with van der Waals surface area (Å²) in [5.41, 5.74) is 10.1. The summed E-state index contributed by atoms with van der Waals surface area (Å²) in [4.78, 5) is 26.9. The minimum absolute atomic E-state index is 0.0561. The Morgan fingerprint density at radius 2 is 2.00 bits per heavy atom. The standard InChI is InChI=1S/C25H23ClN6O2/c1-3-20(33)32-11-10-16(13-32)23-21(22-24(27)29-14-30-25(22)31(23)2)15-4-7-18(8-5-15)34-19-9-6-17(26)12-28-19/h3-9,12,14,16H,1,10-11,13H2,2H3,(H2,27,29,30). The predicted molar refractivity (Wildman–Crippen MR) is 132 cm³/mol. The molecule has 1 amide bonds. The van der Waals surface area contributed by atoms with Gasteiger partial charge in [0.2, 0.25) is 11.8 Å². The number of hydrogen-bond donors (Lipinski definition) is 1. The number of nitrogen functional groups attached to an aromatic ring is 1. The first-order chi connectivity index (χ1) is 16.5. The maximum Gasteiger partial charge on any atom is 0.245 e. The molecule has 9 heteroatoms. The maximum atomic E-state index is 12.2. The number of amides is 1.